The van der Waals surface area contributed by atoms with E-state index in [1.807, 2.05) is 13.0 Å². The highest BCUT2D eigenvalue weighted by atomic mass is 127. The SMILES string of the molecule is Cc1cc(I)ccc1NS(=O)(=O)N1CCCCC1C(=O)O. The van der Waals surface area contributed by atoms with Gasteiger partial charge in [0, 0.05) is 10.1 Å². The van der Waals surface area contributed by atoms with E-state index in [2.05, 4.69) is 27.3 Å². The Morgan fingerprint density at radius 1 is 1.43 bits per heavy atom. The average molecular weight is 424 g/mol. The second-order valence-corrected chi connectivity index (χ2v) is 7.90. The number of nitrogens with zero attached hydrogens (tertiary/aromatic N) is 1. The fraction of sp³-hybridized carbons (Fsp3) is 0.462. The molecule has 1 aliphatic heterocycles. The molecule has 1 fully saturated rings. The number of carbonyl (C=O) groups is 1. The fourth-order valence-electron chi connectivity index (χ4n) is 2.38. The highest BCUT2D eigenvalue weighted by molar-refractivity contribution is 14.1. The number of nitrogens with one attached hydrogen (secondary N) is 1. The zero-order valence-corrected chi connectivity index (χ0v) is 14.5. The van der Waals surface area contributed by atoms with Crippen LogP contribution in [0.1, 0.15) is 24.8 Å². The Hall–Kier alpha value is -0.870. The first kappa shape index (κ1) is 16.5. The van der Waals surface area contributed by atoms with Crippen molar-refractivity contribution in [3.05, 3.63) is 27.3 Å². The van der Waals surface area contributed by atoms with E-state index < -0.39 is 22.2 Å². The molecule has 0 aliphatic carbocycles. The van der Waals surface area contributed by atoms with Crippen molar-refractivity contribution >= 4 is 44.5 Å². The Morgan fingerprint density at radius 2 is 2.14 bits per heavy atom. The van der Waals surface area contributed by atoms with Gasteiger partial charge in [0.05, 0.1) is 5.69 Å². The standard InChI is InChI=1S/C13H17IN2O4S/c1-9-8-10(14)5-6-11(9)15-21(19,20)16-7-3-2-4-12(16)13(17)18/h5-6,8,12,15H,2-4,7H2,1H3,(H,17,18). The number of anilines is 1. The quantitative estimate of drug-likeness (QED) is 0.726. The predicted octanol–water partition coefficient (Wildman–Crippen LogP) is 2.20. The maximum Gasteiger partial charge on any atom is 0.322 e. The van der Waals surface area contributed by atoms with Gasteiger partial charge < -0.3 is 5.11 Å². The smallest absolute Gasteiger partial charge is 0.322 e. The summed E-state index contributed by atoms with van der Waals surface area (Å²) >= 11 is 2.15. The van der Waals surface area contributed by atoms with E-state index in [0.29, 0.717) is 18.5 Å². The van der Waals surface area contributed by atoms with E-state index in [-0.39, 0.29) is 6.54 Å². The molecule has 1 aromatic carbocycles. The third-order valence-corrected chi connectivity index (χ3v) is 5.68. The minimum atomic E-state index is -3.87. The summed E-state index contributed by atoms with van der Waals surface area (Å²) in [5.41, 5.74) is 1.28. The molecule has 1 unspecified atom stereocenters. The Morgan fingerprint density at radius 3 is 2.76 bits per heavy atom. The summed E-state index contributed by atoms with van der Waals surface area (Å²) in [6.07, 6.45) is 1.75. The topological polar surface area (TPSA) is 86.7 Å². The lowest BCUT2D eigenvalue weighted by Gasteiger charge is -2.32. The number of aliphatic carboxylic acids is 1. The van der Waals surface area contributed by atoms with E-state index in [4.69, 9.17) is 0 Å². The highest BCUT2D eigenvalue weighted by Crippen LogP contribution is 2.24. The number of piperidine rings is 1. The van der Waals surface area contributed by atoms with Crippen LogP contribution < -0.4 is 4.72 Å². The van der Waals surface area contributed by atoms with Gasteiger partial charge in [-0.25, -0.2) is 0 Å². The first-order valence-corrected chi connectivity index (χ1v) is 9.11. The molecule has 6 nitrogen and oxygen atoms in total. The predicted molar refractivity (Wildman–Crippen MR) is 88.4 cm³/mol. The van der Waals surface area contributed by atoms with Crippen LogP contribution in [0.2, 0.25) is 0 Å². The summed E-state index contributed by atoms with van der Waals surface area (Å²) in [5, 5.41) is 9.19. The van der Waals surface area contributed by atoms with Crippen molar-refractivity contribution < 1.29 is 18.3 Å². The van der Waals surface area contributed by atoms with Gasteiger partial charge in [0.25, 0.3) is 0 Å². The Balaban J connectivity index is 2.26. The zero-order chi connectivity index (χ0) is 15.6. The highest BCUT2D eigenvalue weighted by Gasteiger charge is 2.36. The second-order valence-electron chi connectivity index (χ2n) is 5.03. The molecule has 8 heteroatoms. The molecular weight excluding hydrogens is 407 g/mol. The van der Waals surface area contributed by atoms with Crippen LogP contribution in [0.4, 0.5) is 5.69 Å². The molecule has 21 heavy (non-hydrogen) atoms. The zero-order valence-electron chi connectivity index (χ0n) is 11.5. The van der Waals surface area contributed by atoms with Crippen molar-refractivity contribution in [1.82, 2.24) is 4.31 Å². The first-order valence-electron chi connectivity index (χ1n) is 6.60. The molecule has 116 valence electrons. The number of benzene rings is 1. The Kier molecular flexibility index (Phi) is 5.10. The Bertz CT molecular complexity index is 648. The molecule has 2 N–H and O–H groups in total. The van der Waals surface area contributed by atoms with Crippen LogP contribution in [0.25, 0.3) is 0 Å². The first-order chi connectivity index (χ1) is 9.81. The maximum atomic E-state index is 12.5. The summed E-state index contributed by atoms with van der Waals surface area (Å²) in [4.78, 5) is 11.2. The van der Waals surface area contributed by atoms with Crippen LogP contribution in [0.15, 0.2) is 18.2 Å². The molecule has 1 heterocycles. The molecule has 0 aromatic heterocycles. The minimum Gasteiger partial charge on any atom is -0.480 e. The van der Waals surface area contributed by atoms with Crippen molar-refractivity contribution in [2.75, 3.05) is 11.3 Å². The monoisotopic (exact) mass is 424 g/mol. The molecule has 2 rings (SSSR count). The largest absolute Gasteiger partial charge is 0.480 e. The molecule has 1 aromatic rings. The molecule has 0 spiro atoms. The molecule has 0 saturated carbocycles. The van der Waals surface area contributed by atoms with Crippen LogP contribution in [0.5, 0.6) is 0 Å². The van der Waals surface area contributed by atoms with Gasteiger partial charge in [-0.05, 0) is 72.5 Å². The normalized spacial score (nSPS) is 20.2. The number of carboxylic acids is 1. The number of halogens is 1. The van der Waals surface area contributed by atoms with Gasteiger partial charge in [-0.2, -0.15) is 12.7 Å². The van der Waals surface area contributed by atoms with Gasteiger partial charge >= 0.3 is 16.2 Å². The van der Waals surface area contributed by atoms with Crippen LogP contribution >= 0.6 is 22.6 Å². The number of hydrogen-bond acceptors (Lipinski definition) is 3. The molecule has 1 atom stereocenters. The van der Waals surface area contributed by atoms with Crippen molar-refractivity contribution in [2.24, 2.45) is 0 Å². The van der Waals surface area contributed by atoms with E-state index in [1.165, 1.54) is 0 Å². The summed E-state index contributed by atoms with van der Waals surface area (Å²) in [6.45, 7) is 2.04. The van der Waals surface area contributed by atoms with Crippen molar-refractivity contribution in [3.8, 4) is 0 Å². The average Bonchev–Trinajstić information content (AvgIpc) is 2.42. The van der Waals surface area contributed by atoms with Gasteiger partial charge in [0.2, 0.25) is 0 Å². The van der Waals surface area contributed by atoms with E-state index in [1.54, 1.807) is 12.1 Å². The number of rotatable bonds is 4. The minimum absolute atomic E-state index is 0.232. The molecule has 0 radical (unpaired) electrons. The number of hydrogen-bond donors (Lipinski definition) is 2. The lowest BCUT2D eigenvalue weighted by atomic mass is 10.1. The maximum absolute atomic E-state index is 12.5. The fourth-order valence-corrected chi connectivity index (χ4v) is 4.55. The summed E-state index contributed by atoms with van der Waals surface area (Å²) in [7, 11) is -3.87. The second kappa shape index (κ2) is 6.49. The van der Waals surface area contributed by atoms with Gasteiger partial charge in [-0.3, -0.25) is 9.52 Å². The molecule has 1 aliphatic rings. The van der Waals surface area contributed by atoms with Gasteiger partial charge in [-0.1, -0.05) is 0 Å². The van der Waals surface area contributed by atoms with Crippen LogP contribution in [0, 0.1) is 10.5 Å². The third kappa shape index (κ3) is 3.86. The Labute approximate surface area is 137 Å². The lowest BCUT2D eigenvalue weighted by Crippen LogP contribution is -2.50. The summed E-state index contributed by atoms with van der Waals surface area (Å²) in [5.74, 6) is -1.10. The molecule has 0 bridgehead atoms. The number of aryl methyl sites for hydroxylation is 1. The van der Waals surface area contributed by atoms with Crippen LogP contribution in [-0.2, 0) is 15.0 Å². The van der Waals surface area contributed by atoms with Gasteiger partial charge in [0.1, 0.15) is 6.04 Å². The van der Waals surface area contributed by atoms with Crippen molar-refractivity contribution in [3.63, 3.8) is 0 Å². The van der Waals surface area contributed by atoms with Gasteiger partial charge in [-0.15, -0.1) is 0 Å². The third-order valence-electron chi connectivity index (χ3n) is 3.47. The van der Waals surface area contributed by atoms with Crippen LogP contribution in [0.3, 0.4) is 0 Å². The number of carboxylic acid groups (broad SMARTS) is 1. The molecular formula is C13H17IN2O4S. The summed E-state index contributed by atoms with van der Waals surface area (Å²) < 4.78 is 29.5. The molecule has 1 saturated heterocycles. The van der Waals surface area contributed by atoms with Crippen molar-refractivity contribution in [2.45, 2.75) is 32.2 Å². The lowest BCUT2D eigenvalue weighted by molar-refractivity contribution is -0.142. The van der Waals surface area contributed by atoms with E-state index in [9.17, 15) is 18.3 Å². The van der Waals surface area contributed by atoms with E-state index >= 15 is 0 Å². The van der Waals surface area contributed by atoms with Crippen molar-refractivity contribution in [1.29, 1.82) is 0 Å². The van der Waals surface area contributed by atoms with Gasteiger partial charge in [0.15, 0.2) is 0 Å². The van der Waals surface area contributed by atoms with Crippen LogP contribution in [-0.4, -0.2) is 36.4 Å². The summed E-state index contributed by atoms with van der Waals surface area (Å²) in [6, 6.07) is 4.37. The molecule has 0 amide bonds. The van der Waals surface area contributed by atoms with E-state index in [0.717, 1.165) is 19.9 Å².